The zero-order valence-corrected chi connectivity index (χ0v) is 11.6. The maximum atomic E-state index is 11.8. The van der Waals surface area contributed by atoms with Crippen LogP contribution in [0.1, 0.15) is 52.9 Å². The van der Waals surface area contributed by atoms with Crippen LogP contribution in [0.25, 0.3) is 0 Å². The molecule has 2 heterocycles. The Bertz CT molecular complexity index is 354. The quantitative estimate of drug-likeness (QED) is 0.491. The Morgan fingerprint density at radius 3 is 2.78 bits per heavy atom. The zero-order valence-electron chi connectivity index (χ0n) is 11.6. The summed E-state index contributed by atoms with van der Waals surface area (Å²) in [6, 6.07) is 0. The molecule has 0 radical (unpaired) electrons. The lowest BCUT2D eigenvalue weighted by atomic mass is 9.79. The van der Waals surface area contributed by atoms with E-state index in [9.17, 15) is 4.79 Å². The summed E-state index contributed by atoms with van der Waals surface area (Å²) < 4.78 is 11.5. The van der Waals surface area contributed by atoms with E-state index in [1.54, 1.807) is 0 Å². The normalized spacial score (nSPS) is 52.2. The maximum absolute atomic E-state index is 11.8. The highest BCUT2D eigenvalue weighted by molar-refractivity contribution is 5.75. The summed E-state index contributed by atoms with van der Waals surface area (Å²) in [5.74, 6) is 1.15. The van der Waals surface area contributed by atoms with Crippen molar-refractivity contribution in [2.24, 2.45) is 17.8 Å². The first-order chi connectivity index (χ1) is 8.51. The van der Waals surface area contributed by atoms with Gasteiger partial charge in [0.1, 0.15) is 12.2 Å². The summed E-state index contributed by atoms with van der Waals surface area (Å²) in [5, 5.41) is 0. The monoisotopic (exact) mass is 252 g/mol. The largest absolute Gasteiger partial charge is 0.459 e. The molecule has 3 aliphatic rings. The van der Waals surface area contributed by atoms with Crippen molar-refractivity contribution in [1.29, 1.82) is 0 Å². The van der Waals surface area contributed by atoms with Gasteiger partial charge in [0.15, 0.2) is 0 Å². The topological polar surface area (TPSA) is 38.8 Å². The minimum Gasteiger partial charge on any atom is -0.459 e. The molecular weight excluding hydrogens is 228 g/mol. The Labute approximate surface area is 109 Å². The van der Waals surface area contributed by atoms with Crippen LogP contribution < -0.4 is 0 Å². The van der Waals surface area contributed by atoms with Gasteiger partial charge in [-0.3, -0.25) is 4.79 Å². The van der Waals surface area contributed by atoms with Gasteiger partial charge in [-0.25, -0.2) is 0 Å². The molecule has 6 atom stereocenters. The third-order valence-corrected chi connectivity index (χ3v) is 5.29. The molecule has 0 N–H and O–H groups in total. The molecule has 2 aliphatic heterocycles. The summed E-state index contributed by atoms with van der Waals surface area (Å²) in [4.78, 5) is 11.8. The molecular formula is C15H24O3. The van der Waals surface area contributed by atoms with E-state index in [0.717, 1.165) is 18.8 Å². The van der Waals surface area contributed by atoms with E-state index in [1.165, 1.54) is 19.3 Å². The van der Waals surface area contributed by atoms with Gasteiger partial charge in [0.2, 0.25) is 0 Å². The van der Waals surface area contributed by atoms with Crippen molar-refractivity contribution in [3.8, 4) is 0 Å². The van der Waals surface area contributed by atoms with E-state index in [-0.39, 0.29) is 29.7 Å². The Morgan fingerprint density at radius 2 is 2.00 bits per heavy atom. The SMILES string of the molecule is CC1CCC[C@@]2(C)O[C@@H]2[C@H]2OC(=O)C(C)C2CC1. The van der Waals surface area contributed by atoms with Crippen LogP contribution in [0.4, 0.5) is 0 Å². The second kappa shape index (κ2) is 4.22. The predicted octanol–water partition coefficient (Wildman–Crippen LogP) is 2.92. The first-order valence-electron chi connectivity index (χ1n) is 7.39. The highest BCUT2D eigenvalue weighted by atomic mass is 16.6. The number of ether oxygens (including phenoxy) is 2. The number of carbonyl (C=O) groups excluding carboxylic acids is 1. The van der Waals surface area contributed by atoms with Crippen molar-refractivity contribution in [3.05, 3.63) is 0 Å². The van der Waals surface area contributed by atoms with Crippen molar-refractivity contribution in [1.82, 2.24) is 0 Å². The lowest BCUT2D eigenvalue weighted by molar-refractivity contribution is -0.144. The highest BCUT2D eigenvalue weighted by Crippen LogP contribution is 2.50. The molecule has 1 saturated carbocycles. The molecule has 3 rings (SSSR count). The lowest BCUT2D eigenvalue weighted by Crippen LogP contribution is -2.30. The number of fused-ring (bicyclic) bond motifs is 3. The van der Waals surface area contributed by atoms with Crippen molar-refractivity contribution in [2.45, 2.75) is 70.7 Å². The lowest BCUT2D eigenvalue weighted by Gasteiger charge is -2.23. The fourth-order valence-electron chi connectivity index (χ4n) is 3.78. The molecule has 0 amide bonds. The van der Waals surface area contributed by atoms with E-state index in [0.29, 0.717) is 5.92 Å². The average molecular weight is 252 g/mol. The van der Waals surface area contributed by atoms with E-state index in [1.807, 2.05) is 6.92 Å². The molecule has 18 heavy (non-hydrogen) atoms. The molecule has 3 heteroatoms. The molecule has 0 spiro atoms. The third kappa shape index (κ3) is 1.97. The fourth-order valence-corrected chi connectivity index (χ4v) is 3.78. The summed E-state index contributed by atoms with van der Waals surface area (Å²) in [5.41, 5.74) is -0.0235. The number of carbonyl (C=O) groups is 1. The van der Waals surface area contributed by atoms with Gasteiger partial charge in [0.25, 0.3) is 0 Å². The third-order valence-electron chi connectivity index (χ3n) is 5.29. The molecule has 2 saturated heterocycles. The van der Waals surface area contributed by atoms with Crippen LogP contribution in [0.5, 0.6) is 0 Å². The van der Waals surface area contributed by atoms with E-state index in [2.05, 4.69) is 13.8 Å². The second-order valence-electron chi connectivity index (χ2n) is 6.78. The molecule has 1 aliphatic carbocycles. The predicted molar refractivity (Wildman–Crippen MR) is 68.1 cm³/mol. The average Bonchev–Trinajstić information content (AvgIpc) is 2.90. The van der Waals surface area contributed by atoms with E-state index >= 15 is 0 Å². The zero-order chi connectivity index (χ0) is 12.9. The van der Waals surface area contributed by atoms with Crippen molar-refractivity contribution in [3.63, 3.8) is 0 Å². The van der Waals surface area contributed by atoms with Crippen LogP contribution >= 0.6 is 0 Å². The van der Waals surface area contributed by atoms with Gasteiger partial charge in [-0.2, -0.15) is 0 Å². The Morgan fingerprint density at radius 1 is 1.22 bits per heavy atom. The molecule has 3 fully saturated rings. The molecule has 0 bridgehead atoms. The van der Waals surface area contributed by atoms with Gasteiger partial charge in [-0.1, -0.05) is 33.1 Å². The second-order valence-corrected chi connectivity index (χ2v) is 6.78. The van der Waals surface area contributed by atoms with Crippen molar-refractivity contribution in [2.75, 3.05) is 0 Å². The Balaban J connectivity index is 1.80. The maximum Gasteiger partial charge on any atom is 0.309 e. The van der Waals surface area contributed by atoms with Gasteiger partial charge in [0, 0.05) is 5.92 Å². The number of hydrogen-bond donors (Lipinski definition) is 0. The summed E-state index contributed by atoms with van der Waals surface area (Å²) >= 11 is 0. The first-order valence-corrected chi connectivity index (χ1v) is 7.39. The highest BCUT2D eigenvalue weighted by Gasteiger charge is 2.62. The van der Waals surface area contributed by atoms with Gasteiger partial charge in [0.05, 0.1) is 11.5 Å². The molecule has 0 aromatic carbocycles. The van der Waals surface area contributed by atoms with Crippen LogP contribution in [0.3, 0.4) is 0 Å². The summed E-state index contributed by atoms with van der Waals surface area (Å²) in [7, 11) is 0. The molecule has 0 aromatic rings. The number of rotatable bonds is 0. The molecule has 3 nitrogen and oxygen atoms in total. The van der Waals surface area contributed by atoms with Crippen LogP contribution in [0.2, 0.25) is 0 Å². The fraction of sp³-hybridized carbons (Fsp3) is 0.933. The standard InChI is InChI=1S/C15H24O3/c1-9-5-4-8-15(3)13(18-15)12-11(7-6-9)10(2)14(16)17-12/h9-13H,4-8H2,1-3H3/t9?,10?,11?,12-,13+,15+/m0/s1. The van der Waals surface area contributed by atoms with Gasteiger partial charge >= 0.3 is 5.97 Å². The van der Waals surface area contributed by atoms with Crippen LogP contribution in [0.15, 0.2) is 0 Å². The van der Waals surface area contributed by atoms with E-state index < -0.39 is 0 Å². The number of hydrogen-bond acceptors (Lipinski definition) is 3. The number of epoxide rings is 1. The van der Waals surface area contributed by atoms with Gasteiger partial charge < -0.3 is 9.47 Å². The molecule has 0 aromatic heterocycles. The number of esters is 1. The summed E-state index contributed by atoms with van der Waals surface area (Å²) in [6.07, 6.45) is 6.12. The van der Waals surface area contributed by atoms with Crippen LogP contribution in [-0.4, -0.2) is 23.8 Å². The first kappa shape index (κ1) is 12.5. The molecule has 3 unspecified atom stereocenters. The van der Waals surface area contributed by atoms with E-state index in [4.69, 9.17) is 9.47 Å². The van der Waals surface area contributed by atoms with Crippen molar-refractivity contribution < 1.29 is 14.3 Å². The Kier molecular flexibility index (Phi) is 2.92. The Hall–Kier alpha value is -0.570. The van der Waals surface area contributed by atoms with Gasteiger partial charge in [-0.05, 0) is 25.7 Å². The van der Waals surface area contributed by atoms with Crippen LogP contribution in [-0.2, 0) is 14.3 Å². The summed E-state index contributed by atoms with van der Waals surface area (Å²) in [6.45, 7) is 6.52. The molecule has 102 valence electrons. The van der Waals surface area contributed by atoms with Crippen LogP contribution in [0, 0.1) is 17.8 Å². The van der Waals surface area contributed by atoms with Crippen molar-refractivity contribution >= 4 is 5.97 Å². The minimum atomic E-state index is -0.0235. The minimum absolute atomic E-state index is 0.0165. The smallest absolute Gasteiger partial charge is 0.309 e. The van der Waals surface area contributed by atoms with Gasteiger partial charge in [-0.15, -0.1) is 0 Å².